The molecule has 0 unspecified atom stereocenters. The van der Waals surface area contributed by atoms with E-state index >= 15 is 0 Å². The first-order chi connectivity index (χ1) is 9.44. The van der Waals surface area contributed by atoms with E-state index in [2.05, 4.69) is 52.9 Å². The van der Waals surface area contributed by atoms with Crippen molar-refractivity contribution in [3.05, 3.63) is 28.2 Å². The SMILES string of the molecule is CN(C)C1(CNC(=O)c2ccc(Br)cc2S)CCCC1. The molecule has 20 heavy (non-hydrogen) atoms. The molecule has 5 heteroatoms. The molecule has 1 saturated carbocycles. The van der Waals surface area contributed by atoms with Crippen LogP contribution in [-0.4, -0.2) is 37.0 Å². The summed E-state index contributed by atoms with van der Waals surface area (Å²) in [4.78, 5) is 15.3. The van der Waals surface area contributed by atoms with E-state index in [1.165, 1.54) is 12.8 Å². The number of likely N-dealkylation sites (N-methyl/N-ethyl adjacent to an activating group) is 1. The van der Waals surface area contributed by atoms with Crippen molar-refractivity contribution < 1.29 is 4.79 Å². The van der Waals surface area contributed by atoms with E-state index in [1.807, 2.05) is 12.1 Å². The van der Waals surface area contributed by atoms with Crippen LogP contribution in [0, 0.1) is 0 Å². The zero-order valence-electron chi connectivity index (χ0n) is 11.9. The van der Waals surface area contributed by atoms with E-state index in [-0.39, 0.29) is 11.4 Å². The second-order valence-electron chi connectivity index (χ2n) is 5.67. The number of thiol groups is 1. The third-order valence-corrected chi connectivity index (χ3v) is 5.13. The summed E-state index contributed by atoms with van der Waals surface area (Å²) in [7, 11) is 4.20. The molecule has 0 radical (unpaired) electrons. The number of amides is 1. The van der Waals surface area contributed by atoms with Crippen molar-refractivity contribution in [3.63, 3.8) is 0 Å². The van der Waals surface area contributed by atoms with Gasteiger partial charge in [0.25, 0.3) is 5.91 Å². The quantitative estimate of drug-likeness (QED) is 0.810. The van der Waals surface area contributed by atoms with Gasteiger partial charge in [0, 0.05) is 21.5 Å². The Hall–Kier alpha value is -0.520. The van der Waals surface area contributed by atoms with Gasteiger partial charge in [-0.2, -0.15) is 0 Å². The van der Waals surface area contributed by atoms with Crippen LogP contribution >= 0.6 is 28.6 Å². The highest BCUT2D eigenvalue weighted by Crippen LogP contribution is 2.33. The third kappa shape index (κ3) is 3.38. The molecule has 0 aromatic heterocycles. The lowest BCUT2D eigenvalue weighted by atomic mass is 9.96. The van der Waals surface area contributed by atoms with Crippen molar-refractivity contribution in [2.24, 2.45) is 0 Å². The van der Waals surface area contributed by atoms with E-state index in [9.17, 15) is 4.79 Å². The van der Waals surface area contributed by atoms with E-state index in [4.69, 9.17) is 0 Å². The van der Waals surface area contributed by atoms with Crippen LogP contribution in [0.1, 0.15) is 36.0 Å². The summed E-state index contributed by atoms with van der Waals surface area (Å²) in [6.07, 6.45) is 4.77. The molecule has 3 nitrogen and oxygen atoms in total. The number of nitrogens with one attached hydrogen (secondary N) is 1. The number of carbonyl (C=O) groups is 1. The molecule has 1 aromatic carbocycles. The zero-order valence-corrected chi connectivity index (χ0v) is 14.4. The van der Waals surface area contributed by atoms with Gasteiger partial charge in [-0.05, 0) is 45.1 Å². The zero-order chi connectivity index (χ0) is 14.8. The fraction of sp³-hybridized carbons (Fsp3) is 0.533. The van der Waals surface area contributed by atoms with Crippen LogP contribution in [-0.2, 0) is 0 Å². The molecule has 1 N–H and O–H groups in total. The lowest BCUT2D eigenvalue weighted by Gasteiger charge is -2.36. The third-order valence-electron chi connectivity index (χ3n) is 4.27. The molecule has 0 spiro atoms. The smallest absolute Gasteiger partial charge is 0.252 e. The highest BCUT2D eigenvalue weighted by molar-refractivity contribution is 9.10. The molecule has 0 saturated heterocycles. The van der Waals surface area contributed by atoms with Crippen molar-refractivity contribution in [1.82, 2.24) is 10.2 Å². The fourth-order valence-electron chi connectivity index (χ4n) is 2.85. The van der Waals surface area contributed by atoms with Crippen molar-refractivity contribution in [3.8, 4) is 0 Å². The van der Waals surface area contributed by atoms with Crippen LogP contribution in [0.25, 0.3) is 0 Å². The number of halogens is 1. The van der Waals surface area contributed by atoms with Gasteiger partial charge in [-0.1, -0.05) is 28.8 Å². The van der Waals surface area contributed by atoms with Gasteiger partial charge in [-0.15, -0.1) is 12.6 Å². The molecule has 1 aliphatic carbocycles. The summed E-state index contributed by atoms with van der Waals surface area (Å²) in [5, 5.41) is 3.08. The first-order valence-electron chi connectivity index (χ1n) is 6.89. The molecule has 2 rings (SSSR count). The molecule has 1 amide bonds. The average Bonchev–Trinajstić information content (AvgIpc) is 2.86. The number of rotatable bonds is 4. The Morgan fingerprint density at radius 3 is 2.60 bits per heavy atom. The maximum Gasteiger partial charge on any atom is 0.252 e. The minimum absolute atomic E-state index is 0.0457. The first-order valence-corrected chi connectivity index (χ1v) is 8.13. The van der Waals surface area contributed by atoms with Crippen LogP contribution in [0.15, 0.2) is 27.6 Å². The van der Waals surface area contributed by atoms with Crippen LogP contribution in [0.4, 0.5) is 0 Å². The lowest BCUT2D eigenvalue weighted by molar-refractivity contribution is 0.0897. The number of benzene rings is 1. The van der Waals surface area contributed by atoms with Gasteiger partial charge in [0.1, 0.15) is 0 Å². The molecule has 110 valence electrons. The highest BCUT2D eigenvalue weighted by atomic mass is 79.9. The largest absolute Gasteiger partial charge is 0.350 e. The van der Waals surface area contributed by atoms with Crippen molar-refractivity contribution in [2.45, 2.75) is 36.1 Å². The Labute approximate surface area is 134 Å². The standard InChI is InChI=1S/C15H21BrN2OS/c1-18(2)15(7-3-4-8-15)10-17-14(19)12-6-5-11(16)9-13(12)20/h5-6,9,20H,3-4,7-8,10H2,1-2H3,(H,17,19). The summed E-state index contributed by atoms with van der Waals surface area (Å²) >= 11 is 7.75. The van der Waals surface area contributed by atoms with Crippen LogP contribution in [0.5, 0.6) is 0 Å². The average molecular weight is 357 g/mol. The molecule has 0 aliphatic heterocycles. The Kier molecular flexibility index (Phi) is 5.15. The number of nitrogens with zero attached hydrogens (tertiary/aromatic N) is 1. The molecule has 0 heterocycles. The van der Waals surface area contributed by atoms with E-state index in [0.29, 0.717) is 17.0 Å². The van der Waals surface area contributed by atoms with Crippen LogP contribution in [0.2, 0.25) is 0 Å². The summed E-state index contributed by atoms with van der Waals surface area (Å²) in [6.45, 7) is 0.697. The molecule has 0 atom stereocenters. The van der Waals surface area contributed by atoms with Crippen LogP contribution in [0.3, 0.4) is 0 Å². The summed E-state index contributed by atoms with van der Waals surface area (Å²) in [6, 6.07) is 5.51. The summed E-state index contributed by atoms with van der Waals surface area (Å²) < 4.78 is 0.930. The Bertz CT molecular complexity index is 499. The van der Waals surface area contributed by atoms with E-state index < -0.39 is 0 Å². The summed E-state index contributed by atoms with van der Waals surface area (Å²) in [5.41, 5.74) is 0.741. The molecular formula is C15H21BrN2OS. The second kappa shape index (κ2) is 6.50. The van der Waals surface area contributed by atoms with Gasteiger partial charge in [-0.25, -0.2) is 0 Å². The molecule has 1 fully saturated rings. The number of hydrogen-bond donors (Lipinski definition) is 2. The number of carbonyl (C=O) groups excluding carboxylic acids is 1. The van der Waals surface area contributed by atoms with Crippen molar-refractivity contribution >= 4 is 34.5 Å². The van der Waals surface area contributed by atoms with Gasteiger partial charge >= 0.3 is 0 Å². The molecule has 1 aliphatic rings. The predicted molar refractivity (Wildman–Crippen MR) is 88.6 cm³/mol. The second-order valence-corrected chi connectivity index (χ2v) is 7.07. The van der Waals surface area contributed by atoms with Gasteiger partial charge in [-0.3, -0.25) is 4.79 Å². The van der Waals surface area contributed by atoms with E-state index in [0.717, 1.165) is 17.3 Å². The first kappa shape index (κ1) is 15.9. The van der Waals surface area contributed by atoms with Gasteiger partial charge < -0.3 is 10.2 Å². The van der Waals surface area contributed by atoms with Crippen molar-refractivity contribution in [1.29, 1.82) is 0 Å². The summed E-state index contributed by atoms with van der Waals surface area (Å²) in [5.74, 6) is -0.0457. The monoisotopic (exact) mass is 356 g/mol. The van der Waals surface area contributed by atoms with Crippen molar-refractivity contribution in [2.75, 3.05) is 20.6 Å². The Morgan fingerprint density at radius 1 is 1.40 bits per heavy atom. The maximum atomic E-state index is 12.3. The maximum absolute atomic E-state index is 12.3. The minimum atomic E-state index is -0.0457. The highest BCUT2D eigenvalue weighted by Gasteiger charge is 2.36. The number of hydrogen-bond acceptors (Lipinski definition) is 3. The van der Waals surface area contributed by atoms with Crippen LogP contribution < -0.4 is 5.32 Å². The molecular weight excluding hydrogens is 336 g/mol. The van der Waals surface area contributed by atoms with Gasteiger partial charge in [0.05, 0.1) is 5.56 Å². The van der Waals surface area contributed by atoms with Gasteiger partial charge in [0.15, 0.2) is 0 Å². The minimum Gasteiger partial charge on any atom is -0.350 e. The topological polar surface area (TPSA) is 32.3 Å². The molecule has 1 aromatic rings. The lowest BCUT2D eigenvalue weighted by Crippen LogP contribution is -2.50. The molecule has 0 bridgehead atoms. The van der Waals surface area contributed by atoms with E-state index in [1.54, 1.807) is 6.07 Å². The van der Waals surface area contributed by atoms with Gasteiger partial charge in [0.2, 0.25) is 0 Å². The Balaban J connectivity index is 2.04. The fourth-order valence-corrected chi connectivity index (χ4v) is 3.71. The normalized spacial score (nSPS) is 17.4. The Morgan fingerprint density at radius 2 is 2.05 bits per heavy atom. The predicted octanol–water partition coefficient (Wildman–Crippen LogP) is 3.34.